The van der Waals surface area contributed by atoms with E-state index in [0.717, 1.165) is 28.0 Å². The predicted octanol–water partition coefficient (Wildman–Crippen LogP) is 5.73. The number of aromatic nitrogens is 2. The second-order valence-corrected chi connectivity index (χ2v) is 7.49. The van der Waals surface area contributed by atoms with Gasteiger partial charge in [0.05, 0.1) is 5.39 Å². The molecular weight excluding hydrogens is 340 g/mol. The minimum Gasteiger partial charge on any atom is -0.222 e. The minimum atomic E-state index is 0.551. The normalized spacial score (nSPS) is 11.3. The molecule has 0 spiro atoms. The van der Waals surface area contributed by atoms with Gasteiger partial charge in [-0.1, -0.05) is 17.7 Å². The lowest BCUT2D eigenvalue weighted by Gasteiger charge is -2.02. The number of halogens is 1. The summed E-state index contributed by atoms with van der Waals surface area (Å²) in [5.74, 6) is 0.783. The number of hydrogen-bond acceptors (Lipinski definition) is 5. The molecule has 0 amide bonds. The van der Waals surface area contributed by atoms with Gasteiger partial charge in [-0.25, -0.2) is 9.97 Å². The maximum atomic E-state index is 6.43. The second-order valence-electron chi connectivity index (χ2n) is 4.55. The first-order valence-corrected chi connectivity index (χ1v) is 9.38. The molecule has 0 aliphatic heterocycles. The fourth-order valence-electron chi connectivity index (χ4n) is 2.21. The van der Waals surface area contributed by atoms with E-state index in [1.165, 1.54) is 10.4 Å². The van der Waals surface area contributed by atoms with E-state index in [9.17, 15) is 0 Å². The van der Waals surface area contributed by atoms with Gasteiger partial charge in [-0.2, -0.15) is 11.3 Å². The average Bonchev–Trinajstić information content (AvgIpc) is 3.19. The zero-order chi connectivity index (χ0) is 14.2. The van der Waals surface area contributed by atoms with Crippen molar-refractivity contribution >= 4 is 55.8 Å². The second kappa shape index (κ2) is 5.50. The lowest BCUT2D eigenvalue weighted by Crippen LogP contribution is -1.96. The molecule has 0 aromatic carbocycles. The standard InChI is InChI=1S/C15H9ClN2S3/c16-14-13-10(11-2-1-4-20-11)8-21-15(13)18-12(17-14)6-9-3-5-19-7-9/h1-5,7-8H,6H2. The molecule has 4 aromatic heterocycles. The summed E-state index contributed by atoms with van der Waals surface area (Å²) in [5, 5.41) is 9.89. The van der Waals surface area contributed by atoms with Crippen molar-refractivity contribution in [1.29, 1.82) is 0 Å². The van der Waals surface area contributed by atoms with E-state index < -0.39 is 0 Å². The van der Waals surface area contributed by atoms with E-state index in [0.29, 0.717) is 5.15 Å². The van der Waals surface area contributed by atoms with Crippen LogP contribution in [-0.4, -0.2) is 9.97 Å². The average molecular weight is 349 g/mol. The van der Waals surface area contributed by atoms with Crippen molar-refractivity contribution < 1.29 is 0 Å². The zero-order valence-corrected chi connectivity index (χ0v) is 14.0. The third-order valence-electron chi connectivity index (χ3n) is 3.16. The summed E-state index contributed by atoms with van der Waals surface area (Å²) in [4.78, 5) is 11.3. The van der Waals surface area contributed by atoms with E-state index in [1.54, 1.807) is 34.0 Å². The summed E-state index contributed by atoms with van der Waals surface area (Å²) < 4.78 is 0. The van der Waals surface area contributed by atoms with Crippen molar-refractivity contribution in [3.05, 3.63) is 56.3 Å². The molecule has 0 saturated carbocycles. The van der Waals surface area contributed by atoms with E-state index in [1.807, 2.05) is 6.07 Å². The Kier molecular flexibility index (Phi) is 3.51. The van der Waals surface area contributed by atoms with E-state index in [4.69, 9.17) is 11.6 Å². The summed E-state index contributed by atoms with van der Waals surface area (Å²) in [5.41, 5.74) is 2.36. The Balaban J connectivity index is 1.81. The number of nitrogens with zero attached hydrogens (tertiary/aromatic N) is 2. The molecule has 0 aliphatic carbocycles. The predicted molar refractivity (Wildman–Crippen MR) is 92.9 cm³/mol. The van der Waals surface area contributed by atoms with Gasteiger partial charge in [0.1, 0.15) is 15.8 Å². The maximum absolute atomic E-state index is 6.43. The monoisotopic (exact) mass is 348 g/mol. The van der Waals surface area contributed by atoms with Crippen LogP contribution in [0.1, 0.15) is 11.4 Å². The van der Waals surface area contributed by atoms with Crippen molar-refractivity contribution in [3.63, 3.8) is 0 Å². The van der Waals surface area contributed by atoms with Gasteiger partial charge in [0, 0.05) is 22.2 Å². The molecule has 6 heteroatoms. The van der Waals surface area contributed by atoms with Gasteiger partial charge in [0.25, 0.3) is 0 Å². The molecule has 0 unspecified atom stereocenters. The van der Waals surface area contributed by atoms with Crippen LogP contribution in [0.5, 0.6) is 0 Å². The van der Waals surface area contributed by atoms with Gasteiger partial charge in [-0.15, -0.1) is 22.7 Å². The quantitative estimate of drug-likeness (QED) is 0.442. The summed E-state index contributed by atoms with van der Waals surface area (Å²) in [7, 11) is 0. The lowest BCUT2D eigenvalue weighted by atomic mass is 10.2. The lowest BCUT2D eigenvalue weighted by molar-refractivity contribution is 1.00. The molecule has 4 aromatic rings. The first kappa shape index (κ1) is 13.4. The van der Waals surface area contributed by atoms with Crippen LogP contribution in [0.2, 0.25) is 5.15 Å². The van der Waals surface area contributed by atoms with Crippen LogP contribution < -0.4 is 0 Å². The highest BCUT2D eigenvalue weighted by molar-refractivity contribution is 7.18. The molecule has 2 nitrogen and oxygen atoms in total. The van der Waals surface area contributed by atoms with Crippen molar-refractivity contribution in [2.45, 2.75) is 6.42 Å². The Labute approximate surface area is 138 Å². The van der Waals surface area contributed by atoms with Crippen molar-refractivity contribution in [2.75, 3.05) is 0 Å². The molecule has 0 saturated heterocycles. The number of fused-ring (bicyclic) bond motifs is 1. The van der Waals surface area contributed by atoms with Crippen LogP contribution in [0.3, 0.4) is 0 Å². The Hall–Kier alpha value is -1.27. The third kappa shape index (κ3) is 2.51. The van der Waals surface area contributed by atoms with Gasteiger partial charge in [0.2, 0.25) is 0 Å². The van der Waals surface area contributed by atoms with Gasteiger partial charge >= 0.3 is 0 Å². The Bertz CT molecular complexity index is 879. The molecule has 4 heterocycles. The topological polar surface area (TPSA) is 25.8 Å². The number of rotatable bonds is 3. The van der Waals surface area contributed by atoms with Crippen molar-refractivity contribution in [3.8, 4) is 10.4 Å². The smallest absolute Gasteiger partial charge is 0.142 e. The first-order chi connectivity index (χ1) is 10.3. The van der Waals surface area contributed by atoms with Gasteiger partial charge in [0.15, 0.2) is 0 Å². The summed E-state index contributed by atoms with van der Waals surface area (Å²) in [6.45, 7) is 0. The highest BCUT2D eigenvalue weighted by Gasteiger charge is 2.14. The van der Waals surface area contributed by atoms with Crippen molar-refractivity contribution in [1.82, 2.24) is 9.97 Å². The Morgan fingerprint density at radius 1 is 1.05 bits per heavy atom. The van der Waals surface area contributed by atoms with Crippen LogP contribution in [0.4, 0.5) is 0 Å². The molecule has 0 fully saturated rings. The number of thiophene rings is 3. The molecule has 21 heavy (non-hydrogen) atoms. The fourth-order valence-corrected chi connectivity index (χ4v) is 5.00. The van der Waals surface area contributed by atoms with Crippen LogP contribution in [-0.2, 0) is 6.42 Å². The summed E-state index contributed by atoms with van der Waals surface area (Å²) in [6.07, 6.45) is 0.728. The summed E-state index contributed by atoms with van der Waals surface area (Å²) in [6, 6.07) is 6.24. The van der Waals surface area contributed by atoms with Crippen LogP contribution in [0, 0.1) is 0 Å². The van der Waals surface area contributed by atoms with Crippen LogP contribution in [0.15, 0.2) is 39.7 Å². The third-order valence-corrected chi connectivity index (χ3v) is 5.95. The first-order valence-electron chi connectivity index (χ1n) is 6.30. The molecule has 4 rings (SSSR count). The van der Waals surface area contributed by atoms with Crippen LogP contribution in [0.25, 0.3) is 20.7 Å². The Morgan fingerprint density at radius 2 is 2.00 bits per heavy atom. The highest BCUT2D eigenvalue weighted by Crippen LogP contribution is 2.38. The number of hydrogen-bond donors (Lipinski definition) is 0. The summed E-state index contributed by atoms with van der Waals surface area (Å²) >= 11 is 11.4. The van der Waals surface area contributed by atoms with Gasteiger partial charge < -0.3 is 0 Å². The largest absolute Gasteiger partial charge is 0.222 e. The maximum Gasteiger partial charge on any atom is 0.142 e. The SMILES string of the molecule is Clc1nc(Cc2ccsc2)nc2scc(-c3cccs3)c12. The van der Waals surface area contributed by atoms with Crippen LogP contribution >= 0.6 is 45.6 Å². The highest BCUT2D eigenvalue weighted by atomic mass is 35.5. The van der Waals surface area contributed by atoms with Gasteiger partial charge in [-0.05, 0) is 33.8 Å². The molecule has 0 bridgehead atoms. The molecule has 0 radical (unpaired) electrons. The van der Waals surface area contributed by atoms with E-state index in [-0.39, 0.29) is 0 Å². The molecule has 0 N–H and O–H groups in total. The molecule has 0 aliphatic rings. The molecule has 0 atom stereocenters. The molecular formula is C15H9ClN2S3. The molecule has 104 valence electrons. The van der Waals surface area contributed by atoms with Crippen molar-refractivity contribution in [2.24, 2.45) is 0 Å². The van der Waals surface area contributed by atoms with Gasteiger partial charge in [-0.3, -0.25) is 0 Å². The Morgan fingerprint density at radius 3 is 2.76 bits per heavy atom. The minimum absolute atomic E-state index is 0.551. The van der Waals surface area contributed by atoms with E-state index >= 15 is 0 Å². The van der Waals surface area contributed by atoms with E-state index in [2.05, 4.69) is 43.6 Å². The zero-order valence-electron chi connectivity index (χ0n) is 10.7. The fraction of sp³-hybridized carbons (Fsp3) is 0.0667.